The molecule has 1 aliphatic carbocycles. The highest BCUT2D eigenvalue weighted by Crippen LogP contribution is 2.50. The molecule has 3 unspecified atom stereocenters. The monoisotopic (exact) mass is 439 g/mol. The van der Waals surface area contributed by atoms with Crippen LogP contribution in [0.2, 0.25) is 0 Å². The maximum Gasteiger partial charge on any atom is 0.243 e. The Balaban J connectivity index is 1.48. The number of hydrogen-bond acceptors (Lipinski definition) is 5. The molecule has 7 heteroatoms. The predicted molar refractivity (Wildman–Crippen MR) is 123 cm³/mol. The molecule has 3 atom stereocenters. The molecule has 6 nitrogen and oxygen atoms in total. The van der Waals surface area contributed by atoms with Crippen LogP contribution in [0.25, 0.3) is 0 Å². The van der Waals surface area contributed by atoms with Crippen molar-refractivity contribution < 1.29 is 13.2 Å². The summed E-state index contributed by atoms with van der Waals surface area (Å²) < 4.78 is 33.2. The molecule has 1 saturated heterocycles. The summed E-state index contributed by atoms with van der Waals surface area (Å²) in [6.45, 7) is 1.73. The molecule has 1 N–H and O–H groups in total. The zero-order valence-corrected chi connectivity index (χ0v) is 18.8. The molecule has 31 heavy (non-hydrogen) atoms. The summed E-state index contributed by atoms with van der Waals surface area (Å²) >= 11 is 0. The fraction of sp³-hybridized carbons (Fsp3) is 0.417. The van der Waals surface area contributed by atoms with Crippen LogP contribution in [0.1, 0.15) is 29.5 Å². The van der Waals surface area contributed by atoms with E-state index in [1.807, 2.05) is 26.2 Å². The second kappa shape index (κ2) is 7.97. The highest BCUT2D eigenvalue weighted by Gasteiger charge is 2.39. The molecular formula is C24H29N3O3S. The number of rotatable bonds is 4. The van der Waals surface area contributed by atoms with Crippen molar-refractivity contribution in [2.75, 3.05) is 50.6 Å². The molecular weight excluding hydrogens is 410 g/mol. The fourth-order valence-corrected chi connectivity index (χ4v) is 6.42. The second-order valence-corrected chi connectivity index (χ2v) is 10.7. The molecule has 3 aliphatic rings. The maximum absolute atomic E-state index is 13.2. The molecule has 0 radical (unpaired) electrons. The van der Waals surface area contributed by atoms with Gasteiger partial charge in [0.15, 0.2) is 0 Å². The number of nitrogens with one attached hydrogen (secondary N) is 1. The highest BCUT2D eigenvalue weighted by molar-refractivity contribution is 7.89. The van der Waals surface area contributed by atoms with Gasteiger partial charge in [0.2, 0.25) is 10.0 Å². The summed E-state index contributed by atoms with van der Waals surface area (Å²) in [5, 5.41) is 3.71. The normalized spacial score (nSPS) is 25.5. The Labute approximate surface area is 184 Å². The predicted octanol–water partition coefficient (Wildman–Crippen LogP) is 3.60. The molecule has 0 spiro atoms. The van der Waals surface area contributed by atoms with E-state index in [0.717, 1.165) is 17.7 Å². The lowest BCUT2D eigenvalue weighted by atomic mass is 9.77. The van der Waals surface area contributed by atoms with E-state index in [4.69, 9.17) is 4.74 Å². The van der Waals surface area contributed by atoms with Crippen LogP contribution < -0.4 is 10.2 Å². The minimum atomic E-state index is -3.51. The quantitative estimate of drug-likeness (QED) is 0.738. The molecule has 5 rings (SSSR count). The molecule has 0 bridgehead atoms. The summed E-state index contributed by atoms with van der Waals surface area (Å²) in [7, 11) is 0.584. The molecule has 1 fully saturated rings. The summed E-state index contributed by atoms with van der Waals surface area (Å²) in [6, 6.07) is 14.5. The van der Waals surface area contributed by atoms with Gasteiger partial charge in [0, 0.05) is 44.5 Å². The summed E-state index contributed by atoms with van der Waals surface area (Å²) in [5.41, 5.74) is 4.55. The first-order chi connectivity index (χ1) is 14.9. The van der Waals surface area contributed by atoms with Gasteiger partial charge in [-0.2, -0.15) is 4.31 Å². The van der Waals surface area contributed by atoms with Crippen molar-refractivity contribution >= 4 is 21.4 Å². The van der Waals surface area contributed by atoms with Gasteiger partial charge < -0.3 is 15.0 Å². The Bertz CT molecular complexity index is 1090. The van der Waals surface area contributed by atoms with Gasteiger partial charge in [0.25, 0.3) is 0 Å². The van der Waals surface area contributed by atoms with Crippen molar-refractivity contribution in [2.45, 2.75) is 23.3 Å². The van der Waals surface area contributed by atoms with Crippen LogP contribution >= 0.6 is 0 Å². The molecule has 2 aromatic carbocycles. The van der Waals surface area contributed by atoms with E-state index in [1.54, 1.807) is 6.07 Å². The smallest absolute Gasteiger partial charge is 0.243 e. The standard InChI is InChI=1S/C24H29N3O3S/c1-26(2)18-8-6-17(7-9-18)24-21-5-3-4-20(21)22-16-19(10-11-23(22)25-24)31(28,29)27-12-14-30-15-13-27/h3-4,6-11,16,20-21,24-25H,5,12-15H2,1-2H3. The van der Waals surface area contributed by atoms with E-state index >= 15 is 0 Å². The number of anilines is 2. The number of hydrogen-bond donors (Lipinski definition) is 1. The Morgan fingerprint density at radius 3 is 2.52 bits per heavy atom. The third kappa shape index (κ3) is 3.64. The number of sulfonamides is 1. The van der Waals surface area contributed by atoms with E-state index in [1.165, 1.54) is 15.6 Å². The second-order valence-electron chi connectivity index (χ2n) is 8.73. The number of allylic oxidation sites excluding steroid dienone is 2. The van der Waals surface area contributed by atoms with Crippen molar-refractivity contribution in [3.05, 3.63) is 65.7 Å². The molecule has 0 amide bonds. The number of nitrogens with zero attached hydrogens (tertiary/aromatic N) is 2. The van der Waals surface area contributed by atoms with Crippen LogP contribution in [0.5, 0.6) is 0 Å². The van der Waals surface area contributed by atoms with E-state index in [9.17, 15) is 8.42 Å². The average molecular weight is 440 g/mol. The number of fused-ring (bicyclic) bond motifs is 3. The third-order valence-electron chi connectivity index (χ3n) is 6.71. The zero-order valence-electron chi connectivity index (χ0n) is 18.0. The lowest BCUT2D eigenvalue weighted by molar-refractivity contribution is 0.0730. The van der Waals surface area contributed by atoms with Crippen LogP contribution in [0, 0.1) is 5.92 Å². The Morgan fingerprint density at radius 1 is 1.06 bits per heavy atom. The average Bonchev–Trinajstić information content (AvgIpc) is 3.29. The van der Waals surface area contributed by atoms with Gasteiger partial charge in [-0.15, -0.1) is 0 Å². The first kappa shape index (κ1) is 20.5. The van der Waals surface area contributed by atoms with Crippen LogP contribution in [-0.2, 0) is 14.8 Å². The molecule has 2 aromatic rings. The number of ether oxygens (including phenoxy) is 1. The first-order valence-electron chi connectivity index (χ1n) is 10.9. The summed E-state index contributed by atoms with van der Waals surface area (Å²) in [4.78, 5) is 2.48. The van der Waals surface area contributed by atoms with Gasteiger partial charge in [-0.3, -0.25) is 0 Å². The van der Waals surface area contributed by atoms with Gasteiger partial charge in [-0.25, -0.2) is 8.42 Å². The van der Waals surface area contributed by atoms with Crippen LogP contribution in [-0.4, -0.2) is 53.1 Å². The van der Waals surface area contributed by atoms with E-state index in [2.05, 4.69) is 46.6 Å². The summed E-state index contributed by atoms with van der Waals surface area (Å²) in [5.74, 6) is 0.591. The van der Waals surface area contributed by atoms with Crippen LogP contribution in [0.3, 0.4) is 0 Å². The SMILES string of the molecule is CN(C)c1ccc(C2Nc3ccc(S(=O)(=O)N4CCOCC4)cc3C3C=CCC32)cc1. The number of morpholine rings is 1. The Morgan fingerprint density at radius 2 is 1.81 bits per heavy atom. The van der Waals surface area contributed by atoms with E-state index in [-0.39, 0.29) is 12.0 Å². The van der Waals surface area contributed by atoms with Crippen molar-refractivity contribution in [2.24, 2.45) is 5.92 Å². The van der Waals surface area contributed by atoms with Gasteiger partial charge in [0.1, 0.15) is 0 Å². The topological polar surface area (TPSA) is 61.9 Å². The maximum atomic E-state index is 13.2. The van der Waals surface area contributed by atoms with Gasteiger partial charge >= 0.3 is 0 Å². The lowest BCUT2D eigenvalue weighted by Gasteiger charge is -2.38. The van der Waals surface area contributed by atoms with Gasteiger partial charge in [-0.05, 0) is 53.8 Å². The van der Waals surface area contributed by atoms with E-state index in [0.29, 0.717) is 37.1 Å². The van der Waals surface area contributed by atoms with Crippen LogP contribution in [0.4, 0.5) is 11.4 Å². The van der Waals surface area contributed by atoms with Gasteiger partial charge in [-0.1, -0.05) is 24.3 Å². The molecule has 2 heterocycles. The van der Waals surface area contributed by atoms with Crippen molar-refractivity contribution in [3.8, 4) is 0 Å². The molecule has 164 valence electrons. The van der Waals surface area contributed by atoms with Crippen molar-refractivity contribution in [1.82, 2.24) is 4.31 Å². The molecule has 0 saturated carbocycles. The van der Waals surface area contributed by atoms with Crippen molar-refractivity contribution in [3.63, 3.8) is 0 Å². The molecule has 2 aliphatic heterocycles. The molecule has 0 aromatic heterocycles. The van der Waals surface area contributed by atoms with Crippen LogP contribution in [0.15, 0.2) is 59.5 Å². The summed E-state index contributed by atoms with van der Waals surface area (Å²) in [6.07, 6.45) is 5.46. The first-order valence-corrected chi connectivity index (χ1v) is 12.3. The largest absolute Gasteiger partial charge is 0.379 e. The third-order valence-corrected chi connectivity index (χ3v) is 8.61. The Kier molecular flexibility index (Phi) is 5.28. The minimum absolute atomic E-state index is 0.199. The fourth-order valence-electron chi connectivity index (χ4n) is 4.98. The van der Waals surface area contributed by atoms with Crippen molar-refractivity contribution in [1.29, 1.82) is 0 Å². The minimum Gasteiger partial charge on any atom is -0.379 e. The zero-order chi connectivity index (χ0) is 21.6. The number of benzene rings is 2. The highest BCUT2D eigenvalue weighted by atomic mass is 32.2. The van der Waals surface area contributed by atoms with Gasteiger partial charge in [0.05, 0.1) is 24.2 Å². The Hall–Kier alpha value is -2.35. The van der Waals surface area contributed by atoms with E-state index < -0.39 is 10.0 Å². The lowest BCUT2D eigenvalue weighted by Crippen LogP contribution is -2.40.